The van der Waals surface area contributed by atoms with Crippen LogP contribution in [0.5, 0.6) is 0 Å². The maximum absolute atomic E-state index is 12.3. The first kappa shape index (κ1) is 23.9. The number of aryl methyl sites for hydroxylation is 1. The van der Waals surface area contributed by atoms with E-state index in [0.717, 1.165) is 42.3 Å². The second-order valence-electron chi connectivity index (χ2n) is 9.49. The first-order valence-corrected chi connectivity index (χ1v) is 13.3. The van der Waals surface area contributed by atoms with Crippen LogP contribution in [0.1, 0.15) is 68.0 Å². The van der Waals surface area contributed by atoms with E-state index in [1.165, 1.54) is 55.8 Å². The second-order valence-corrected chi connectivity index (χ2v) is 10.6. The average molecular weight is 468 g/mol. The van der Waals surface area contributed by atoms with E-state index in [-0.39, 0.29) is 5.91 Å². The molecule has 1 fully saturated rings. The number of pyridine rings is 1. The van der Waals surface area contributed by atoms with E-state index in [4.69, 9.17) is 5.73 Å². The first-order valence-electron chi connectivity index (χ1n) is 12.5. The standard InChI is InChI=1S/C26H37N5OS/c1-2-15-31(22-10-11-23-24(17-22)33-26(27)30-23)16-13-19-5-8-21(9-6-19)29-25(32)12-7-20-4-3-14-28-18-20/h3-4,7,12,14,18-19,21-22H,2,5-6,8-11,13,15-17H2,1H3,(H2,27,30)(H,29,32)/b12-7+/t19?,21?,22-/m0/s1. The summed E-state index contributed by atoms with van der Waals surface area (Å²) in [7, 11) is 0. The number of nitrogen functional groups attached to an aromatic ring is 1. The fraction of sp³-hybridized carbons (Fsp3) is 0.577. The lowest BCUT2D eigenvalue weighted by Crippen LogP contribution is -2.41. The van der Waals surface area contributed by atoms with Gasteiger partial charge in [-0.1, -0.05) is 13.0 Å². The molecular weight excluding hydrogens is 430 g/mol. The summed E-state index contributed by atoms with van der Waals surface area (Å²) in [6.45, 7) is 4.63. The van der Waals surface area contributed by atoms with Gasteiger partial charge in [0.2, 0.25) is 5.91 Å². The van der Waals surface area contributed by atoms with Gasteiger partial charge in [-0.15, -0.1) is 11.3 Å². The topological polar surface area (TPSA) is 84.1 Å². The largest absolute Gasteiger partial charge is 0.375 e. The summed E-state index contributed by atoms with van der Waals surface area (Å²) in [5, 5.41) is 3.91. The molecule has 178 valence electrons. The van der Waals surface area contributed by atoms with Crippen LogP contribution < -0.4 is 11.1 Å². The lowest BCUT2D eigenvalue weighted by Gasteiger charge is -2.36. The van der Waals surface area contributed by atoms with Crippen molar-refractivity contribution in [2.45, 2.75) is 76.8 Å². The van der Waals surface area contributed by atoms with E-state index in [1.807, 2.05) is 18.2 Å². The van der Waals surface area contributed by atoms with Crippen LogP contribution in [0.15, 0.2) is 30.6 Å². The van der Waals surface area contributed by atoms with E-state index in [9.17, 15) is 4.79 Å². The minimum Gasteiger partial charge on any atom is -0.375 e. The van der Waals surface area contributed by atoms with E-state index in [0.29, 0.717) is 12.1 Å². The van der Waals surface area contributed by atoms with Gasteiger partial charge in [0.05, 0.1) is 5.69 Å². The van der Waals surface area contributed by atoms with Crippen LogP contribution in [0, 0.1) is 5.92 Å². The van der Waals surface area contributed by atoms with E-state index < -0.39 is 0 Å². The molecular formula is C26H37N5OS. The minimum atomic E-state index is -0.00297. The summed E-state index contributed by atoms with van der Waals surface area (Å²) in [6.07, 6.45) is 17.3. The van der Waals surface area contributed by atoms with Crippen LogP contribution in [-0.4, -0.2) is 45.9 Å². The third kappa shape index (κ3) is 6.87. The molecule has 6 nitrogen and oxygen atoms in total. The van der Waals surface area contributed by atoms with Gasteiger partial charge in [-0.2, -0.15) is 0 Å². The number of nitrogens with zero attached hydrogens (tertiary/aromatic N) is 3. The number of amides is 1. The van der Waals surface area contributed by atoms with Crippen LogP contribution in [-0.2, 0) is 17.6 Å². The fourth-order valence-electron chi connectivity index (χ4n) is 5.29. The van der Waals surface area contributed by atoms with Gasteiger partial charge in [0, 0.05) is 35.4 Å². The predicted octanol–water partition coefficient (Wildman–Crippen LogP) is 4.47. The molecule has 0 radical (unpaired) electrons. The summed E-state index contributed by atoms with van der Waals surface area (Å²) < 4.78 is 0. The van der Waals surface area contributed by atoms with Crippen LogP contribution >= 0.6 is 11.3 Å². The molecule has 0 spiro atoms. The maximum Gasteiger partial charge on any atom is 0.244 e. The van der Waals surface area contributed by atoms with Gasteiger partial charge in [-0.05, 0) is 94.5 Å². The molecule has 2 aromatic rings. The molecule has 33 heavy (non-hydrogen) atoms. The number of carbonyl (C=O) groups is 1. The quantitative estimate of drug-likeness (QED) is 0.532. The highest BCUT2D eigenvalue weighted by Crippen LogP contribution is 2.32. The third-order valence-corrected chi connectivity index (χ3v) is 8.04. The number of thiazole rings is 1. The lowest BCUT2D eigenvalue weighted by atomic mass is 9.83. The molecule has 1 atom stereocenters. The molecule has 4 rings (SSSR count). The fourth-order valence-corrected chi connectivity index (χ4v) is 6.24. The number of anilines is 1. The molecule has 3 N–H and O–H groups in total. The number of rotatable bonds is 9. The molecule has 2 heterocycles. The van der Waals surface area contributed by atoms with E-state index in [2.05, 4.69) is 27.1 Å². The molecule has 0 unspecified atom stereocenters. The van der Waals surface area contributed by atoms with Gasteiger partial charge < -0.3 is 16.0 Å². The third-order valence-electron chi connectivity index (χ3n) is 7.09. The molecule has 0 aromatic carbocycles. The number of nitrogens with one attached hydrogen (secondary N) is 1. The molecule has 7 heteroatoms. The number of hydrogen-bond acceptors (Lipinski definition) is 6. The first-order chi connectivity index (χ1) is 16.1. The SMILES string of the molecule is CCCN(CCC1CCC(NC(=O)/C=C/c2cccnc2)CC1)[C@H]1CCc2nc(N)sc2C1. The van der Waals surface area contributed by atoms with Gasteiger partial charge >= 0.3 is 0 Å². The van der Waals surface area contributed by atoms with Crippen molar-refractivity contribution in [1.82, 2.24) is 20.2 Å². The normalized spacial score (nSPS) is 23.0. The van der Waals surface area contributed by atoms with Gasteiger partial charge in [0.25, 0.3) is 0 Å². The van der Waals surface area contributed by atoms with Crippen molar-refractivity contribution in [3.63, 3.8) is 0 Å². The van der Waals surface area contributed by atoms with Crippen molar-refractivity contribution in [3.05, 3.63) is 46.7 Å². The number of nitrogens with two attached hydrogens (primary N) is 1. The Balaban J connectivity index is 1.19. The highest BCUT2D eigenvalue weighted by atomic mass is 32.1. The van der Waals surface area contributed by atoms with Crippen molar-refractivity contribution >= 4 is 28.5 Å². The number of hydrogen-bond donors (Lipinski definition) is 2. The number of carbonyl (C=O) groups excluding carboxylic acids is 1. The zero-order chi connectivity index (χ0) is 23.0. The van der Waals surface area contributed by atoms with E-state index in [1.54, 1.807) is 29.8 Å². The molecule has 2 aliphatic rings. The maximum atomic E-state index is 12.3. The monoisotopic (exact) mass is 467 g/mol. The highest BCUT2D eigenvalue weighted by Gasteiger charge is 2.28. The van der Waals surface area contributed by atoms with Gasteiger partial charge in [-0.3, -0.25) is 9.78 Å². The predicted molar refractivity (Wildman–Crippen MR) is 136 cm³/mol. The zero-order valence-corrected chi connectivity index (χ0v) is 20.5. The Labute approximate surface area is 201 Å². The van der Waals surface area contributed by atoms with Gasteiger partial charge in [0.15, 0.2) is 5.13 Å². The Morgan fingerprint density at radius 2 is 2.12 bits per heavy atom. The van der Waals surface area contributed by atoms with E-state index >= 15 is 0 Å². The summed E-state index contributed by atoms with van der Waals surface area (Å²) in [5.41, 5.74) is 8.12. The molecule has 0 bridgehead atoms. The Morgan fingerprint density at radius 1 is 1.27 bits per heavy atom. The lowest BCUT2D eigenvalue weighted by molar-refractivity contribution is -0.117. The van der Waals surface area contributed by atoms with Gasteiger partial charge in [0.1, 0.15) is 0 Å². The Hall–Kier alpha value is -2.25. The highest BCUT2D eigenvalue weighted by molar-refractivity contribution is 7.15. The summed E-state index contributed by atoms with van der Waals surface area (Å²) >= 11 is 1.68. The van der Waals surface area contributed by atoms with Crippen molar-refractivity contribution in [3.8, 4) is 0 Å². The summed E-state index contributed by atoms with van der Waals surface area (Å²) in [5.74, 6) is 0.762. The zero-order valence-electron chi connectivity index (χ0n) is 19.7. The number of aromatic nitrogens is 2. The van der Waals surface area contributed by atoms with Crippen LogP contribution in [0.2, 0.25) is 0 Å². The summed E-state index contributed by atoms with van der Waals surface area (Å²) in [4.78, 5) is 25.0. The molecule has 1 saturated carbocycles. The average Bonchev–Trinajstić information content (AvgIpc) is 3.21. The minimum absolute atomic E-state index is 0.00297. The Morgan fingerprint density at radius 3 is 2.88 bits per heavy atom. The Bertz CT molecular complexity index is 920. The molecule has 2 aromatic heterocycles. The van der Waals surface area contributed by atoms with Crippen LogP contribution in [0.4, 0.5) is 5.13 Å². The Kier molecular flexibility index (Phi) is 8.51. The molecule has 0 aliphatic heterocycles. The summed E-state index contributed by atoms with van der Waals surface area (Å²) in [6, 6.07) is 4.75. The number of fused-ring (bicyclic) bond motifs is 1. The van der Waals surface area contributed by atoms with Crippen LogP contribution in [0.25, 0.3) is 6.08 Å². The molecule has 1 amide bonds. The molecule has 0 saturated heterocycles. The van der Waals surface area contributed by atoms with Crippen molar-refractivity contribution in [1.29, 1.82) is 0 Å². The van der Waals surface area contributed by atoms with Crippen molar-refractivity contribution in [2.75, 3.05) is 18.8 Å². The smallest absolute Gasteiger partial charge is 0.244 e. The molecule has 2 aliphatic carbocycles. The second kappa shape index (κ2) is 11.7. The van der Waals surface area contributed by atoms with Crippen molar-refractivity contribution in [2.24, 2.45) is 5.92 Å². The van der Waals surface area contributed by atoms with Crippen LogP contribution in [0.3, 0.4) is 0 Å². The van der Waals surface area contributed by atoms with Crippen molar-refractivity contribution < 1.29 is 4.79 Å². The van der Waals surface area contributed by atoms with Gasteiger partial charge in [-0.25, -0.2) is 4.98 Å².